The van der Waals surface area contributed by atoms with E-state index in [1.165, 1.54) is 29.8 Å². The van der Waals surface area contributed by atoms with Crippen molar-refractivity contribution < 1.29 is 14.3 Å². The Balaban J connectivity index is 2.09. The van der Waals surface area contributed by atoms with Gasteiger partial charge in [0, 0.05) is 19.1 Å². The number of nitrogens with zero attached hydrogens (tertiary/aromatic N) is 2. The number of aliphatic hydroxyl groups is 1. The molecule has 1 amide bonds. The molecule has 1 unspecified atom stereocenters. The second-order valence-corrected chi connectivity index (χ2v) is 7.06. The molecule has 0 bridgehead atoms. The molecule has 1 N–H and O–H groups in total. The Morgan fingerprint density at radius 3 is 2.52 bits per heavy atom. The minimum atomic E-state index is -0.784. The van der Waals surface area contributed by atoms with E-state index in [2.05, 4.69) is 5.10 Å². The quantitative estimate of drug-likeness (QED) is 0.886. The van der Waals surface area contributed by atoms with Gasteiger partial charge in [-0.1, -0.05) is 54.2 Å². The Labute approximate surface area is 150 Å². The molecule has 0 aromatic heterocycles. The van der Waals surface area contributed by atoms with Crippen LogP contribution >= 0.6 is 11.8 Å². The van der Waals surface area contributed by atoms with E-state index in [4.69, 9.17) is 0 Å². The van der Waals surface area contributed by atoms with Crippen LogP contribution in [0.5, 0.6) is 0 Å². The Hall–Kier alpha value is -2.18. The van der Waals surface area contributed by atoms with E-state index >= 15 is 0 Å². The van der Waals surface area contributed by atoms with Gasteiger partial charge in [-0.3, -0.25) is 4.79 Å². The molecule has 25 heavy (non-hydrogen) atoms. The molecule has 0 aliphatic carbocycles. The Morgan fingerprint density at radius 2 is 1.88 bits per heavy atom. The van der Waals surface area contributed by atoms with Gasteiger partial charge in [0.2, 0.25) is 5.91 Å². The minimum absolute atomic E-state index is 0.00984. The van der Waals surface area contributed by atoms with Crippen molar-refractivity contribution in [2.75, 3.05) is 6.61 Å². The highest BCUT2D eigenvalue weighted by atomic mass is 32.2. The molecule has 0 radical (unpaired) electrons. The summed E-state index contributed by atoms with van der Waals surface area (Å²) in [6, 6.07) is 16.0. The first-order valence-corrected chi connectivity index (χ1v) is 8.90. The highest BCUT2D eigenvalue weighted by molar-refractivity contribution is 8.15. The molecule has 0 saturated heterocycles. The number of aliphatic hydroxyl groups excluding tert-OH is 1. The summed E-state index contributed by atoms with van der Waals surface area (Å²) in [5.41, 5.74) is 1.28. The first-order chi connectivity index (χ1) is 12.1. The number of carbonyl (C=O) groups is 1. The normalized spacial score (nSPS) is 19.8. The van der Waals surface area contributed by atoms with Gasteiger partial charge in [0.15, 0.2) is 0 Å². The van der Waals surface area contributed by atoms with Crippen molar-refractivity contribution in [2.24, 2.45) is 5.10 Å². The van der Waals surface area contributed by atoms with Crippen LogP contribution in [0.4, 0.5) is 4.39 Å². The SMILES string of the molecule is CC(=O)N1N=C(c2ccccc2F)SC1(CCCO)c1ccccc1. The van der Waals surface area contributed by atoms with E-state index in [-0.39, 0.29) is 18.3 Å². The summed E-state index contributed by atoms with van der Waals surface area (Å²) in [7, 11) is 0. The van der Waals surface area contributed by atoms with Gasteiger partial charge < -0.3 is 5.11 Å². The average molecular weight is 358 g/mol. The van der Waals surface area contributed by atoms with Crippen LogP contribution in [0, 0.1) is 5.82 Å². The van der Waals surface area contributed by atoms with Crippen molar-refractivity contribution in [3.8, 4) is 0 Å². The summed E-state index contributed by atoms with van der Waals surface area (Å²) >= 11 is 1.36. The summed E-state index contributed by atoms with van der Waals surface area (Å²) in [6.07, 6.45) is 1.02. The molecule has 4 nitrogen and oxygen atoms in total. The molecule has 0 spiro atoms. The van der Waals surface area contributed by atoms with Gasteiger partial charge in [0.05, 0.1) is 0 Å². The van der Waals surface area contributed by atoms with Crippen molar-refractivity contribution in [1.29, 1.82) is 0 Å². The van der Waals surface area contributed by atoms with Crippen LogP contribution in [0.15, 0.2) is 59.7 Å². The molecule has 0 saturated carbocycles. The van der Waals surface area contributed by atoms with Crippen molar-refractivity contribution in [3.05, 3.63) is 71.5 Å². The Bertz CT molecular complexity index is 797. The van der Waals surface area contributed by atoms with E-state index in [1.807, 2.05) is 30.3 Å². The van der Waals surface area contributed by atoms with Gasteiger partial charge in [-0.15, -0.1) is 0 Å². The zero-order valence-corrected chi connectivity index (χ0v) is 14.7. The average Bonchev–Trinajstić information content (AvgIpc) is 3.02. The Kier molecular flexibility index (Phi) is 5.20. The van der Waals surface area contributed by atoms with Gasteiger partial charge in [-0.2, -0.15) is 5.10 Å². The number of rotatable bonds is 5. The molecule has 1 heterocycles. The predicted molar refractivity (Wildman–Crippen MR) is 97.5 cm³/mol. The Morgan fingerprint density at radius 1 is 1.20 bits per heavy atom. The standard InChI is InChI=1S/C19H19FN2O2S/c1-14(24)22-19(12-7-13-23,15-8-3-2-4-9-15)25-18(21-22)16-10-5-6-11-17(16)20/h2-6,8-11,23H,7,12-13H2,1H3. The second-order valence-electron chi connectivity index (χ2n) is 5.80. The third-order valence-corrected chi connectivity index (χ3v) is 5.54. The molecule has 6 heteroatoms. The summed E-state index contributed by atoms with van der Waals surface area (Å²) < 4.78 is 14.2. The largest absolute Gasteiger partial charge is 0.396 e. The maximum Gasteiger partial charge on any atom is 0.241 e. The number of halogens is 1. The van der Waals surface area contributed by atoms with Crippen molar-refractivity contribution in [3.63, 3.8) is 0 Å². The summed E-state index contributed by atoms with van der Waals surface area (Å²) in [5, 5.41) is 15.7. The maximum atomic E-state index is 14.2. The topological polar surface area (TPSA) is 52.9 Å². The molecule has 1 aliphatic rings. The molecule has 1 aliphatic heterocycles. The molecule has 1 atom stereocenters. The predicted octanol–water partition coefficient (Wildman–Crippen LogP) is 3.71. The molecule has 2 aromatic carbocycles. The van der Waals surface area contributed by atoms with Crippen LogP contribution in [0.3, 0.4) is 0 Å². The van der Waals surface area contributed by atoms with E-state index in [9.17, 15) is 14.3 Å². The molecule has 2 aromatic rings. The maximum absolute atomic E-state index is 14.2. The van der Waals surface area contributed by atoms with Gasteiger partial charge in [0.25, 0.3) is 0 Å². The van der Waals surface area contributed by atoms with Crippen LogP contribution in [0.25, 0.3) is 0 Å². The third kappa shape index (κ3) is 3.32. The summed E-state index contributed by atoms with van der Waals surface area (Å²) in [4.78, 5) is 11.5. The third-order valence-electron chi connectivity index (χ3n) is 4.10. The number of benzene rings is 2. The number of hydrogen-bond donors (Lipinski definition) is 1. The highest BCUT2D eigenvalue weighted by Crippen LogP contribution is 2.50. The number of hydrogen-bond acceptors (Lipinski definition) is 4. The fraction of sp³-hybridized carbons (Fsp3) is 0.263. The first kappa shape index (κ1) is 17.6. The fourth-order valence-corrected chi connectivity index (χ4v) is 4.44. The fourth-order valence-electron chi connectivity index (χ4n) is 2.96. The zero-order valence-electron chi connectivity index (χ0n) is 13.9. The number of amides is 1. The second kappa shape index (κ2) is 7.37. The van der Waals surface area contributed by atoms with Crippen molar-refractivity contribution in [1.82, 2.24) is 5.01 Å². The molecular weight excluding hydrogens is 339 g/mol. The van der Waals surface area contributed by atoms with Crippen LogP contribution in [-0.2, 0) is 9.67 Å². The number of thioether (sulfide) groups is 1. The zero-order chi connectivity index (χ0) is 17.9. The number of carbonyl (C=O) groups excluding carboxylic acids is 1. The smallest absolute Gasteiger partial charge is 0.241 e. The van der Waals surface area contributed by atoms with Gasteiger partial charge in [-0.05, 0) is 30.5 Å². The lowest BCUT2D eigenvalue weighted by molar-refractivity contribution is -0.132. The van der Waals surface area contributed by atoms with Crippen molar-refractivity contribution in [2.45, 2.75) is 24.6 Å². The highest BCUT2D eigenvalue weighted by Gasteiger charge is 2.47. The molecule has 130 valence electrons. The lowest BCUT2D eigenvalue weighted by Crippen LogP contribution is -2.40. The summed E-state index contributed by atoms with van der Waals surface area (Å²) in [5.74, 6) is -0.594. The summed E-state index contributed by atoms with van der Waals surface area (Å²) in [6.45, 7) is 1.46. The van der Waals surface area contributed by atoms with Gasteiger partial charge >= 0.3 is 0 Å². The lowest BCUT2D eigenvalue weighted by Gasteiger charge is -2.35. The van der Waals surface area contributed by atoms with Gasteiger partial charge in [0.1, 0.15) is 15.7 Å². The number of hydrazone groups is 1. The van der Waals surface area contributed by atoms with Crippen LogP contribution < -0.4 is 0 Å². The van der Waals surface area contributed by atoms with Crippen LogP contribution in [-0.4, -0.2) is 27.7 Å². The van der Waals surface area contributed by atoms with Crippen LogP contribution in [0.1, 0.15) is 30.9 Å². The first-order valence-electron chi connectivity index (χ1n) is 8.08. The van der Waals surface area contributed by atoms with E-state index in [0.29, 0.717) is 23.4 Å². The lowest BCUT2D eigenvalue weighted by atomic mass is 10.0. The van der Waals surface area contributed by atoms with Crippen LogP contribution in [0.2, 0.25) is 0 Å². The van der Waals surface area contributed by atoms with E-state index in [0.717, 1.165) is 5.56 Å². The van der Waals surface area contributed by atoms with Crippen molar-refractivity contribution >= 4 is 22.7 Å². The molecule has 0 fully saturated rings. The minimum Gasteiger partial charge on any atom is -0.396 e. The molecule has 3 rings (SSSR count). The monoisotopic (exact) mass is 358 g/mol. The van der Waals surface area contributed by atoms with E-state index in [1.54, 1.807) is 18.2 Å². The van der Waals surface area contributed by atoms with Gasteiger partial charge in [-0.25, -0.2) is 9.40 Å². The van der Waals surface area contributed by atoms with E-state index < -0.39 is 4.87 Å². The molecular formula is C19H19FN2O2S.